The third-order valence-electron chi connectivity index (χ3n) is 5.12. The number of aromatic hydroxyl groups is 1. The number of thioether (sulfide) groups is 1. The Morgan fingerprint density at radius 1 is 1.15 bits per heavy atom. The number of amides is 4. The zero-order valence-electron chi connectivity index (χ0n) is 17.6. The van der Waals surface area contributed by atoms with E-state index in [2.05, 4.69) is 26.3 Å². The molecule has 1 fully saturated rings. The van der Waals surface area contributed by atoms with E-state index < -0.39 is 23.4 Å². The third kappa shape index (κ3) is 4.95. The molecule has 3 N–H and O–H groups in total. The molecule has 0 bridgehead atoms. The van der Waals surface area contributed by atoms with E-state index in [1.54, 1.807) is 19.1 Å². The SMILES string of the molecule is C[C@]1(CCc2ccccc2)NC(=O)N(NC(=O)CSc2nnnn2-c2ccc(O)cc2)C1=O. The van der Waals surface area contributed by atoms with Gasteiger partial charge in [0.15, 0.2) is 0 Å². The smallest absolute Gasteiger partial charge is 0.344 e. The lowest BCUT2D eigenvalue weighted by molar-refractivity contribution is -0.138. The highest BCUT2D eigenvalue weighted by atomic mass is 32.2. The van der Waals surface area contributed by atoms with E-state index >= 15 is 0 Å². The highest BCUT2D eigenvalue weighted by molar-refractivity contribution is 7.99. The van der Waals surface area contributed by atoms with Crippen LogP contribution in [0.3, 0.4) is 0 Å². The highest BCUT2D eigenvalue weighted by Gasteiger charge is 2.48. The summed E-state index contributed by atoms with van der Waals surface area (Å²) in [6.07, 6.45) is 0.991. The van der Waals surface area contributed by atoms with Gasteiger partial charge in [-0.15, -0.1) is 5.10 Å². The summed E-state index contributed by atoms with van der Waals surface area (Å²) in [5.74, 6) is -1.10. The molecule has 3 aromatic rings. The molecule has 1 aliphatic rings. The summed E-state index contributed by atoms with van der Waals surface area (Å²) in [6.45, 7) is 1.64. The molecule has 1 saturated heterocycles. The van der Waals surface area contributed by atoms with Gasteiger partial charge in [0, 0.05) is 0 Å². The number of benzene rings is 2. The number of aryl methyl sites for hydroxylation is 1. The van der Waals surface area contributed by atoms with E-state index in [9.17, 15) is 19.5 Å². The van der Waals surface area contributed by atoms with Crippen molar-refractivity contribution in [3.63, 3.8) is 0 Å². The van der Waals surface area contributed by atoms with E-state index in [0.717, 1.165) is 22.3 Å². The molecule has 12 heteroatoms. The van der Waals surface area contributed by atoms with Gasteiger partial charge in [0.25, 0.3) is 5.91 Å². The van der Waals surface area contributed by atoms with Crippen LogP contribution in [0.15, 0.2) is 59.8 Å². The van der Waals surface area contributed by atoms with E-state index in [1.807, 2.05) is 30.3 Å². The van der Waals surface area contributed by atoms with Crippen molar-refractivity contribution in [1.82, 2.24) is 36.0 Å². The molecular formula is C21H21N7O4S. The molecule has 1 aliphatic heterocycles. The largest absolute Gasteiger partial charge is 0.508 e. The molecule has 0 radical (unpaired) electrons. The van der Waals surface area contributed by atoms with Crippen LogP contribution in [0.5, 0.6) is 5.75 Å². The summed E-state index contributed by atoms with van der Waals surface area (Å²) in [5.41, 5.74) is 2.90. The first-order valence-corrected chi connectivity index (χ1v) is 11.0. The molecule has 170 valence electrons. The Kier molecular flexibility index (Phi) is 6.27. The number of phenols is 1. The second-order valence-electron chi connectivity index (χ2n) is 7.60. The Balaban J connectivity index is 1.34. The number of aromatic nitrogens is 4. The Bertz CT molecular complexity index is 1170. The van der Waals surface area contributed by atoms with Gasteiger partial charge in [-0.3, -0.25) is 15.0 Å². The number of phenolic OH excluding ortho intramolecular Hbond substituents is 1. The number of carbonyl (C=O) groups is 3. The maximum Gasteiger partial charge on any atom is 0.344 e. The van der Waals surface area contributed by atoms with Crippen LogP contribution in [0.25, 0.3) is 5.69 Å². The first kappa shape index (κ1) is 22.3. The Hall–Kier alpha value is -3.93. The predicted octanol–water partition coefficient (Wildman–Crippen LogP) is 1.43. The maximum absolute atomic E-state index is 12.9. The number of hydrazine groups is 1. The number of nitrogens with zero attached hydrogens (tertiary/aromatic N) is 5. The summed E-state index contributed by atoms with van der Waals surface area (Å²) in [5, 5.41) is 24.5. The van der Waals surface area contributed by atoms with Gasteiger partial charge >= 0.3 is 6.03 Å². The van der Waals surface area contributed by atoms with Crippen molar-refractivity contribution in [3.8, 4) is 11.4 Å². The molecule has 11 nitrogen and oxygen atoms in total. The molecule has 0 saturated carbocycles. The fourth-order valence-electron chi connectivity index (χ4n) is 3.31. The first-order valence-electron chi connectivity index (χ1n) is 10.1. The molecule has 1 aromatic heterocycles. The molecular weight excluding hydrogens is 446 g/mol. The summed E-state index contributed by atoms with van der Waals surface area (Å²) in [4.78, 5) is 37.7. The standard InChI is InChI=1S/C21H21N7O4S/c1-21(12-11-14-5-3-2-4-6-14)18(31)28(19(32)22-21)24-17(30)13-33-20-23-25-26-27(20)15-7-9-16(29)10-8-15/h2-10,29H,11-13H2,1H3,(H,22,32)(H,24,30)/t21-/m1/s1. The molecule has 0 spiro atoms. The minimum atomic E-state index is -1.11. The fourth-order valence-corrected chi connectivity index (χ4v) is 3.99. The monoisotopic (exact) mass is 467 g/mol. The quantitative estimate of drug-likeness (QED) is 0.334. The van der Waals surface area contributed by atoms with Crippen LogP contribution in [-0.2, 0) is 16.0 Å². The summed E-state index contributed by atoms with van der Waals surface area (Å²) < 4.78 is 1.41. The minimum Gasteiger partial charge on any atom is -0.508 e. The Morgan fingerprint density at radius 2 is 1.88 bits per heavy atom. The van der Waals surface area contributed by atoms with E-state index in [1.165, 1.54) is 16.8 Å². The molecule has 0 aliphatic carbocycles. The zero-order chi connectivity index (χ0) is 23.4. The van der Waals surface area contributed by atoms with Crippen molar-refractivity contribution in [2.45, 2.75) is 30.5 Å². The number of tetrazole rings is 1. The van der Waals surface area contributed by atoms with E-state index in [0.29, 0.717) is 23.7 Å². The number of hydrogen-bond acceptors (Lipinski definition) is 8. The van der Waals surface area contributed by atoms with Crippen LogP contribution in [-0.4, -0.2) is 59.5 Å². The average molecular weight is 468 g/mol. The van der Waals surface area contributed by atoms with Gasteiger partial charge in [0.05, 0.1) is 11.4 Å². The normalized spacial score (nSPS) is 17.8. The van der Waals surface area contributed by atoms with Crippen LogP contribution in [0.1, 0.15) is 18.9 Å². The van der Waals surface area contributed by atoms with Crippen molar-refractivity contribution < 1.29 is 19.5 Å². The number of carbonyl (C=O) groups excluding carboxylic acids is 3. The Morgan fingerprint density at radius 3 is 2.61 bits per heavy atom. The van der Waals surface area contributed by atoms with Crippen molar-refractivity contribution >= 4 is 29.6 Å². The number of hydrogen-bond donors (Lipinski definition) is 3. The average Bonchev–Trinajstić information content (AvgIpc) is 3.36. The second-order valence-corrected chi connectivity index (χ2v) is 8.54. The lowest BCUT2D eigenvalue weighted by Crippen LogP contribution is -2.49. The Labute approximate surface area is 193 Å². The lowest BCUT2D eigenvalue weighted by atomic mass is 9.93. The van der Waals surface area contributed by atoms with Gasteiger partial charge in [-0.05, 0) is 60.0 Å². The van der Waals surface area contributed by atoms with Crippen LogP contribution in [0.4, 0.5) is 4.79 Å². The van der Waals surface area contributed by atoms with Gasteiger partial charge < -0.3 is 10.4 Å². The van der Waals surface area contributed by atoms with Crippen LogP contribution in [0, 0.1) is 0 Å². The van der Waals surface area contributed by atoms with Crippen molar-refractivity contribution in [1.29, 1.82) is 0 Å². The van der Waals surface area contributed by atoms with Crippen molar-refractivity contribution in [3.05, 3.63) is 60.2 Å². The number of imide groups is 1. The molecule has 0 unspecified atom stereocenters. The van der Waals surface area contributed by atoms with Gasteiger partial charge in [-0.25, -0.2) is 4.79 Å². The molecule has 2 aromatic carbocycles. The topological polar surface area (TPSA) is 142 Å². The highest BCUT2D eigenvalue weighted by Crippen LogP contribution is 2.23. The summed E-state index contributed by atoms with van der Waals surface area (Å²) in [6, 6.07) is 15.2. The second kappa shape index (κ2) is 9.28. The van der Waals surface area contributed by atoms with Gasteiger partial charge in [0.1, 0.15) is 11.3 Å². The van der Waals surface area contributed by atoms with Crippen LogP contribution < -0.4 is 10.7 Å². The third-order valence-corrected chi connectivity index (χ3v) is 6.04. The molecule has 4 amide bonds. The molecule has 33 heavy (non-hydrogen) atoms. The number of rotatable bonds is 8. The van der Waals surface area contributed by atoms with Gasteiger partial charge in [-0.2, -0.15) is 9.69 Å². The number of nitrogens with one attached hydrogen (secondary N) is 2. The van der Waals surface area contributed by atoms with Crippen LogP contribution >= 0.6 is 11.8 Å². The minimum absolute atomic E-state index is 0.102. The molecule has 4 rings (SSSR count). The van der Waals surface area contributed by atoms with Gasteiger partial charge in [-0.1, -0.05) is 42.1 Å². The van der Waals surface area contributed by atoms with Crippen molar-refractivity contribution in [2.75, 3.05) is 5.75 Å². The van der Waals surface area contributed by atoms with Crippen molar-refractivity contribution in [2.24, 2.45) is 0 Å². The number of urea groups is 1. The zero-order valence-corrected chi connectivity index (χ0v) is 18.5. The summed E-state index contributed by atoms with van der Waals surface area (Å²) in [7, 11) is 0. The molecule has 1 atom stereocenters. The predicted molar refractivity (Wildman–Crippen MR) is 118 cm³/mol. The first-order chi connectivity index (χ1) is 15.9. The van der Waals surface area contributed by atoms with Crippen LogP contribution in [0.2, 0.25) is 0 Å². The lowest BCUT2D eigenvalue weighted by Gasteiger charge is -2.21. The molecule has 2 heterocycles. The fraction of sp³-hybridized carbons (Fsp3) is 0.238. The maximum atomic E-state index is 12.9. The van der Waals surface area contributed by atoms with Gasteiger partial charge in [0.2, 0.25) is 11.1 Å². The van der Waals surface area contributed by atoms with E-state index in [-0.39, 0.29) is 11.5 Å². The van der Waals surface area contributed by atoms with E-state index in [4.69, 9.17) is 0 Å². The summed E-state index contributed by atoms with van der Waals surface area (Å²) >= 11 is 1.04.